The number of carbonyl (C=O) groups is 2. The molecule has 2 N–H and O–H groups in total. The summed E-state index contributed by atoms with van der Waals surface area (Å²) in [7, 11) is 0. The number of benzene rings is 3. The minimum absolute atomic E-state index is 0.0437. The number of rotatable bonds is 7. The van der Waals surface area contributed by atoms with Crippen LogP contribution in [0.25, 0.3) is 10.8 Å². The van der Waals surface area contributed by atoms with E-state index in [1.54, 1.807) is 30.5 Å². The molecule has 5 rings (SSSR count). The third kappa shape index (κ3) is 6.35. The van der Waals surface area contributed by atoms with Gasteiger partial charge in [0.15, 0.2) is 0 Å². The van der Waals surface area contributed by atoms with Crippen LogP contribution < -0.4 is 10.6 Å². The molecule has 2 amide bonds. The van der Waals surface area contributed by atoms with E-state index in [-0.39, 0.29) is 24.3 Å². The summed E-state index contributed by atoms with van der Waals surface area (Å²) in [6.45, 7) is 0.183. The van der Waals surface area contributed by atoms with Crippen LogP contribution in [0.2, 0.25) is 5.02 Å². The Bertz CT molecular complexity index is 1480. The average molecular weight is 740 g/mol. The van der Waals surface area contributed by atoms with Crippen molar-refractivity contribution in [2.24, 2.45) is 5.92 Å². The third-order valence-corrected chi connectivity index (χ3v) is 12.2. The molecule has 3 aromatic carbocycles. The Hall–Kier alpha value is -2.44. The molecule has 1 aliphatic rings. The first-order valence-electron chi connectivity index (χ1n) is 11.6. The maximum atomic E-state index is 12.9. The van der Waals surface area contributed by atoms with Crippen LogP contribution in [0.4, 0.5) is 16.2 Å². The van der Waals surface area contributed by atoms with Gasteiger partial charge in [-0.25, -0.2) is 0 Å². The summed E-state index contributed by atoms with van der Waals surface area (Å²) in [6.07, 6.45) is 3.85. The zero-order valence-corrected chi connectivity index (χ0v) is 25.0. The first kappa shape index (κ1) is 26.2. The number of aromatic nitrogens is 1. The van der Waals surface area contributed by atoms with Crippen molar-refractivity contribution < 1.29 is 14.3 Å². The maximum absolute atomic E-state index is 12.9. The van der Waals surface area contributed by atoms with E-state index >= 15 is 0 Å². The molecule has 0 saturated heterocycles. The average Bonchev–Trinajstić information content (AvgIpc) is 3.70. The fourth-order valence-electron chi connectivity index (χ4n) is 4.25. The second-order valence-electron chi connectivity index (χ2n) is 8.81. The Morgan fingerprint density at radius 1 is 1.08 bits per heavy atom. The van der Waals surface area contributed by atoms with Crippen LogP contribution in [-0.4, -0.2) is 21.9 Å². The normalized spacial score (nSPS) is 16.7. The summed E-state index contributed by atoms with van der Waals surface area (Å²) in [4.78, 5) is 31.6. The number of halogens is 3. The fraction of sp³-hybridized carbons (Fsp3) is 0.179. The first-order chi connectivity index (χ1) is 17.9. The summed E-state index contributed by atoms with van der Waals surface area (Å²) < 4.78 is 6.75. The summed E-state index contributed by atoms with van der Waals surface area (Å²) in [5.74, 6) is 0.205. The Labute approximate surface area is 237 Å². The van der Waals surface area contributed by atoms with Gasteiger partial charge in [-0.1, -0.05) is 0 Å². The molecule has 190 valence electrons. The van der Waals surface area contributed by atoms with Crippen molar-refractivity contribution in [1.29, 1.82) is 0 Å². The second-order valence-corrected chi connectivity index (χ2v) is 20.9. The van der Waals surface area contributed by atoms with E-state index < -0.39 is 21.9 Å². The monoisotopic (exact) mass is 739 g/mol. The molecule has 9 heteroatoms. The van der Waals surface area contributed by atoms with E-state index in [9.17, 15) is 9.59 Å². The van der Waals surface area contributed by atoms with Gasteiger partial charge in [-0.05, 0) is 0 Å². The number of hydrogen-bond donors (Lipinski definition) is 2. The number of carbonyl (C=O) groups excluding carboxylic acids is 2. The predicted molar refractivity (Wildman–Crippen MR) is 166 cm³/mol. The van der Waals surface area contributed by atoms with Gasteiger partial charge in [0.25, 0.3) is 0 Å². The number of amides is 2. The van der Waals surface area contributed by atoms with Crippen LogP contribution >= 0.6 is 46.1 Å². The molecule has 6 nitrogen and oxygen atoms in total. The second kappa shape index (κ2) is 11.5. The van der Waals surface area contributed by atoms with E-state index in [2.05, 4.69) is 51.3 Å². The van der Waals surface area contributed by atoms with Crippen molar-refractivity contribution in [3.8, 4) is 0 Å². The van der Waals surface area contributed by atoms with Crippen molar-refractivity contribution in [1.82, 2.24) is 4.98 Å². The van der Waals surface area contributed by atoms with Crippen LogP contribution in [0.3, 0.4) is 0 Å². The molecular weight excluding hydrogens is 716 g/mol. The number of anilines is 2. The molecule has 4 aromatic rings. The quantitative estimate of drug-likeness (QED) is 0.149. The molecule has 1 heterocycles. The van der Waals surface area contributed by atoms with Gasteiger partial charge in [-0.2, -0.15) is 0 Å². The van der Waals surface area contributed by atoms with E-state index in [4.69, 9.17) is 16.3 Å². The van der Waals surface area contributed by atoms with Crippen molar-refractivity contribution in [3.05, 3.63) is 98.8 Å². The van der Waals surface area contributed by atoms with Crippen molar-refractivity contribution in [3.63, 3.8) is 0 Å². The Morgan fingerprint density at radius 2 is 1.92 bits per heavy atom. The van der Waals surface area contributed by atoms with Gasteiger partial charge in [0.05, 0.1) is 0 Å². The fourth-order valence-corrected chi connectivity index (χ4v) is 9.06. The molecule has 37 heavy (non-hydrogen) atoms. The van der Waals surface area contributed by atoms with E-state index in [1.807, 2.05) is 36.5 Å². The standard InChI is InChI=1S/C28H24ClI2N3O3/c1-31(30)25-13-18(6-7-20(25)16-37-28(36)34-26-5-3-2-4-24(26)29)22-14-23(22)27(35)33-21-9-8-19-15-32-11-10-17(19)12-21/h2-13,15,22-23H,14,16H2,1H3,(H,33,35)(H,34,36)/t22-,23+/m0/s1. The Balaban J connectivity index is 1.22. The number of fused-ring (bicyclic) bond motifs is 1. The number of ether oxygens (including phenoxy) is 1. The van der Waals surface area contributed by atoms with Gasteiger partial charge >= 0.3 is 234 Å². The number of hydrogen-bond acceptors (Lipinski definition) is 4. The van der Waals surface area contributed by atoms with Gasteiger partial charge < -0.3 is 0 Å². The molecule has 1 fully saturated rings. The molecule has 0 unspecified atom stereocenters. The van der Waals surface area contributed by atoms with Crippen molar-refractivity contribution >= 4 is 80.2 Å². The molecule has 0 bridgehead atoms. The summed E-state index contributed by atoms with van der Waals surface area (Å²) in [5, 5.41) is 8.31. The van der Waals surface area contributed by atoms with Gasteiger partial charge in [-0.3, -0.25) is 4.98 Å². The van der Waals surface area contributed by atoms with Gasteiger partial charge in [0.1, 0.15) is 0 Å². The predicted octanol–water partition coefficient (Wildman–Crippen LogP) is 8.03. The van der Waals surface area contributed by atoms with Crippen LogP contribution in [-0.2, 0) is 16.1 Å². The Kier molecular flexibility index (Phi) is 8.15. The summed E-state index contributed by atoms with van der Waals surface area (Å²) in [5.41, 5.74) is 3.49. The topological polar surface area (TPSA) is 80.3 Å². The number of alkyl halides is 1. The molecule has 0 radical (unpaired) electrons. The summed E-state index contributed by atoms with van der Waals surface area (Å²) >= 11 is 7.20. The van der Waals surface area contributed by atoms with Gasteiger partial charge in [0, 0.05) is 0 Å². The van der Waals surface area contributed by atoms with Crippen LogP contribution in [0, 0.1) is 9.49 Å². The number of nitrogens with zero attached hydrogens (tertiary/aromatic N) is 1. The van der Waals surface area contributed by atoms with Crippen LogP contribution in [0.5, 0.6) is 0 Å². The molecule has 1 aliphatic carbocycles. The molecule has 1 saturated carbocycles. The zero-order valence-electron chi connectivity index (χ0n) is 19.9. The molecule has 2 atom stereocenters. The van der Waals surface area contributed by atoms with Gasteiger partial charge in [-0.15, -0.1) is 0 Å². The van der Waals surface area contributed by atoms with E-state index in [0.717, 1.165) is 28.4 Å². The molecule has 0 spiro atoms. The number of para-hydroxylation sites is 1. The molecule has 1 aromatic heterocycles. The first-order valence-corrected chi connectivity index (χ1v) is 21.5. The number of nitrogens with one attached hydrogen (secondary N) is 2. The van der Waals surface area contributed by atoms with E-state index in [1.165, 1.54) is 9.13 Å². The third-order valence-electron chi connectivity index (χ3n) is 6.29. The zero-order chi connectivity index (χ0) is 25.9. The van der Waals surface area contributed by atoms with Gasteiger partial charge in [0.2, 0.25) is 0 Å². The number of pyridine rings is 1. The SMILES string of the molecule is CI(I)c1cc([C@@H]2C[C@H]2C(=O)Nc2ccc3cnccc3c2)ccc1COC(=O)Nc1ccccc1Cl. The molecule has 0 aliphatic heterocycles. The van der Waals surface area contributed by atoms with E-state index in [0.29, 0.717) is 10.7 Å². The molecular formula is C28H24ClI2N3O3. The Morgan fingerprint density at radius 3 is 2.73 bits per heavy atom. The van der Waals surface area contributed by atoms with Crippen LogP contribution in [0.1, 0.15) is 23.5 Å². The minimum atomic E-state index is -1.43. The van der Waals surface area contributed by atoms with Crippen LogP contribution in [0.15, 0.2) is 79.1 Å². The summed E-state index contributed by atoms with van der Waals surface area (Å²) in [6, 6.07) is 21.1. The van der Waals surface area contributed by atoms with Crippen molar-refractivity contribution in [2.45, 2.75) is 18.9 Å². The van der Waals surface area contributed by atoms with Crippen molar-refractivity contribution in [2.75, 3.05) is 15.6 Å².